The highest BCUT2D eigenvalue weighted by atomic mass is 32.2. The first kappa shape index (κ1) is 41.9. The fourth-order valence-corrected chi connectivity index (χ4v) is 14.6. The van der Waals surface area contributed by atoms with Gasteiger partial charge in [0, 0.05) is 7.11 Å². The maximum absolute atomic E-state index is 13.3. The Hall–Kier alpha value is -2.48. The first-order valence-electron chi connectivity index (χ1n) is 18.1. The van der Waals surface area contributed by atoms with E-state index in [1.807, 2.05) is 25.1 Å². The van der Waals surface area contributed by atoms with Crippen molar-refractivity contribution in [3.63, 3.8) is 0 Å². The zero-order valence-corrected chi connectivity index (χ0v) is 33.7. The molecule has 0 N–H and O–H groups in total. The van der Waals surface area contributed by atoms with E-state index in [0.717, 1.165) is 36.8 Å². The molecule has 1 aromatic carbocycles. The second-order valence-corrected chi connectivity index (χ2v) is 22.3. The smallest absolute Gasteiger partial charge is 0.272 e. The van der Waals surface area contributed by atoms with Gasteiger partial charge >= 0.3 is 0 Å². The number of benzene rings is 1. The molecule has 0 unspecified atom stereocenters. The van der Waals surface area contributed by atoms with Gasteiger partial charge in [0.25, 0.3) is 5.16 Å². The SMILES string of the molecule is C=C(C)C/C=C/C(=C)C[C@@H](C)[C@@H](O[Si](C(C)C)(C(C)C)C(C)C)[C@H](OCOC)[C@@H]1CC[C@H](CCCS(=O)(=O)c2nnnn2-c2ccccc2)O1. The van der Waals surface area contributed by atoms with Gasteiger partial charge < -0.3 is 18.6 Å². The van der Waals surface area contributed by atoms with Crippen molar-refractivity contribution in [1.82, 2.24) is 20.2 Å². The van der Waals surface area contributed by atoms with E-state index < -0.39 is 18.2 Å². The van der Waals surface area contributed by atoms with Crippen molar-refractivity contribution in [2.75, 3.05) is 19.7 Å². The fourth-order valence-electron chi connectivity index (χ4n) is 7.62. The van der Waals surface area contributed by atoms with Crippen molar-refractivity contribution in [2.24, 2.45) is 5.92 Å². The molecule has 10 nitrogen and oxygen atoms in total. The van der Waals surface area contributed by atoms with Gasteiger partial charge in [0.1, 0.15) is 12.9 Å². The predicted octanol–water partition coefficient (Wildman–Crippen LogP) is 8.42. The van der Waals surface area contributed by atoms with Crippen LogP contribution in [0.4, 0.5) is 0 Å². The molecule has 1 fully saturated rings. The number of para-hydroxylation sites is 1. The van der Waals surface area contributed by atoms with E-state index in [9.17, 15) is 8.42 Å². The average molecular weight is 731 g/mol. The topological polar surface area (TPSA) is 115 Å². The van der Waals surface area contributed by atoms with E-state index >= 15 is 0 Å². The van der Waals surface area contributed by atoms with Crippen LogP contribution in [-0.4, -0.2) is 81.0 Å². The van der Waals surface area contributed by atoms with Crippen molar-refractivity contribution < 1.29 is 27.1 Å². The molecule has 0 aliphatic carbocycles. The number of hydrogen-bond acceptors (Lipinski definition) is 9. The Balaban J connectivity index is 1.81. The Labute approximate surface area is 302 Å². The van der Waals surface area contributed by atoms with Crippen LogP contribution in [0.2, 0.25) is 16.6 Å². The van der Waals surface area contributed by atoms with Gasteiger partial charge in [0.05, 0.1) is 29.8 Å². The van der Waals surface area contributed by atoms with Gasteiger partial charge in [0.15, 0.2) is 0 Å². The zero-order valence-electron chi connectivity index (χ0n) is 31.9. The van der Waals surface area contributed by atoms with Gasteiger partial charge in [-0.1, -0.05) is 108 Å². The highest BCUT2D eigenvalue weighted by Gasteiger charge is 2.50. The monoisotopic (exact) mass is 730 g/mol. The minimum atomic E-state index is -3.73. The van der Waals surface area contributed by atoms with Gasteiger partial charge in [-0.05, 0) is 90.5 Å². The fraction of sp³-hybridized carbons (Fsp3) is 0.658. The number of tetrazole rings is 1. The molecule has 1 aromatic heterocycles. The van der Waals surface area contributed by atoms with E-state index in [1.54, 1.807) is 19.2 Å². The van der Waals surface area contributed by atoms with Gasteiger partial charge in [-0.3, -0.25) is 0 Å². The number of sulfone groups is 1. The Bertz CT molecular complexity index is 1470. The molecule has 3 rings (SSSR count). The number of hydrogen-bond donors (Lipinski definition) is 0. The van der Waals surface area contributed by atoms with E-state index in [4.69, 9.17) is 18.6 Å². The van der Waals surface area contributed by atoms with Gasteiger partial charge in [-0.15, -0.1) is 0 Å². The first-order valence-corrected chi connectivity index (χ1v) is 21.9. The number of nitrogens with zero attached hydrogens (tertiary/aromatic N) is 4. The lowest BCUT2D eigenvalue weighted by molar-refractivity contribution is -0.167. The van der Waals surface area contributed by atoms with Crippen LogP contribution in [0, 0.1) is 5.92 Å². The summed E-state index contributed by atoms with van der Waals surface area (Å²) in [5, 5.41) is 11.3. The molecule has 5 atom stereocenters. The first-order chi connectivity index (χ1) is 23.6. The van der Waals surface area contributed by atoms with Crippen LogP contribution in [0.25, 0.3) is 5.69 Å². The molecule has 0 bridgehead atoms. The minimum Gasteiger partial charge on any atom is -0.410 e. The van der Waals surface area contributed by atoms with Crippen LogP contribution in [-0.2, 0) is 28.5 Å². The molecule has 0 spiro atoms. The second-order valence-electron chi connectivity index (χ2n) is 14.9. The maximum atomic E-state index is 13.3. The predicted molar refractivity (Wildman–Crippen MR) is 202 cm³/mol. The number of methoxy groups -OCH3 is 1. The lowest BCUT2D eigenvalue weighted by Crippen LogP contribution is -2.56. The van der Waals surface area contributed by atoms with Crippen LogP contribution in [0.3, 0.4) is 0 Å². The molecular weight excluding hydrogens is 669 g/mol. The highest BCUT2D eigenvalue weighted by molar-refractivity contribution is 7.91. The summed E-state index contributed by atoms with van der Waals surface area (Å²) in [4.78, 5) is 0. The van der Waals surface area contributed by atoms with Crippen LogP contribution in [0.5, 0.6) is 0 Å². The third kappa shape index (κ3) is 11.0. The lowest BCUT2D eigenvalue weighted by atomic mass is 9.90. The molecule has 2 heterocycles. The molecule has 1 aliphatic rings. The molecule has 0 amide bonds. The maximum Gasteiger partial charge on any atom is 0.272 e. The molecule has 0 saturated carbocycles. The molecule has 0 radical (unpaired) electrons. The Kier molecular flexibility index (Phi) is 16.3. The highest BCUT2D eigenvalue weighted by Crippen LogP contribution is 2.45. The molecule has 1 aliphatic heterocycles. The molecule has 280 valence electrons. The Morgan fingerprint density at radius 2 is 1.72 bits per heavy atom. The number of aromatic nitrogens is 4. The van der Waals surface area contributed by atoms with Crippen molar-refractivity contribution >= 4 is 18.2 Å². The summed E-state index contributed by atoms with van der Waals surface area (Å²) in [6.45, 7) is 26.6. The largest absolute Gasteiger partial charge is 0.410 e. The van der Waals surface area contributed by atoms with Gasteiger partial charge in [-0.25, -0.2) is 8.42 Å². The summed E-state index contributed by atoms with van der Waals surface area (Å²) >= 11 is 0. The van der Waals surface area contributed by atoms with Crippen LogP contribution < -0.4 is 0 Å². The Morgan fingerprint density at radius 1 is 1.06 bits per heavy atom. The Morgan fingerprint density at radius 3 is 2.32 bits per heavy atom. The standard InChI is InChI=1S/C38H62N4O6SSi/c1-27(2)17-15-18-31(9)25-32(10)36(48-50(28(3)4,29(5)6)30(7)8)37(46-26-45-11)35-23-22-34(47-35)21-16-24-49(43,44)38-39-40-41-42(38)33-19-13-12-14-20-33/h12-15,18-20,28-30,32,34-37H,1,9,16-17,21-26H2,2-8,10-11H3/b18-15+/t32-,34+,35+,36-,37-/m1/s1. The van der Waals surface area contributed by atoms with Crippen molar-refractivity contribution in [3.05, 3.63) is 66.8 Å². The summed E-state index contributed by atoms with van der Waals surface area (Å²) in [6.07, 6.45) is 7.42. The molecule has 2 aromatic rings. The van der Waals surface area contributed by atoms with E-state index in [2.05, 4.69) is 89.3 Å². The quantitative estimate of drug-likeness (QED) is 0.0510. The number of ether oxygens (including phenoxy) is 3. The normalized spacial score (nSPS) is 19.1. The lowest BCUT2D eigenvalue weighted by Gasteiger charge is -2.48. The molecular formula is C38H62N4O6SSi. The van der Waals surface area contributed by atoms with Crippen molar-refractivity contribution in [2.45, 2.75) is 140 Å². The van der Waals surface area contributed by atoms with Gasteiger partial charge in [-0.2, -0.15) is 4.68 Å². The van der Waals surface area contributed by atoms with E-state index in [1.165, 1.54) is 4.68 Å². The molecule has 50 heavy (non-hydrogen) atoms. The van der Waals surface area contributed by atoms with E-state index in [-0.39, 0.29) is 48.0 Å². The molecule has 1 saturated heterocycles. The summed E-state index contributed by atoms with van der Waals surface area (Å²) in [5.41, 5.74) is 3.91. The summed E-state index contributed by atoms with van der Waals surface area (Å²) < 4.78 is 54.2. The third-order valence-electron chi connectivity index (χ3n) is 9.88. The summed E-state index contributed by atoms with van der Waals surface area (Å²) in [6, 6.07) is 9.03. The minimum absolute atomic E-state index is 0.0800. The molecule has 12 heteroatoms. The number of allylic oxidation sites excluding steroid dienone is 4. The summed E-state index contributed by atoms with van der Waals surface area (Å²) in [5.74, 6) is 0.00831. The average Bonchev–Trinajstić information content (AvgIpc) is 3.73. The third-order valence-corrected chi connectivity index (χ3v) is 17.6. The van der Waals surface area contributed by atoms with Crippen molar-refractivity contribution in [1.29, 1.82) is 0 Å². The van der Waals surface area contributed by atoms with Crippen LogP contribution in [0.15, 0.2) is 71.9 Å². The van der Waals surface area contributed by atoms with Gasteiger partial charge in [0.2, 0.25) is 18.2 Å². The van der Waals surface area contributed by atoms with Crippen molar-refractivity contribution in [3.8, 4) is 5.69 Å². The van der Waals surface area contributed by atoms with Crippen LogP contribution >= 0.6 is 0 Å². The summed E-state index contributed by atoms with van der Waals surface area (Å²) in [7, 11) is -4.43. The second kappa shape index (κ2) is 19.4. The van der Waals surface area contributed by atoms with Crippen LogP contribution in [0.1, 0.15) is 93.9 Å². The van der Waals surface area contributed by atoms with E-state index in [0.29, 0.717) is 35.2 Å². The zero-order chi connectivity index (χ0) is 37.1. The number of rotatable bonds is 22.